The van der Waals surface area contributed by atoms with Gasteiger partial charge >= 0.3 is 6.08 Å². The van der Waals surface area contributed by atoms with E-state index >= 15 is 0 Å². The minimum Gasteiger partial charge on any atom is -0.481 e. The Morgan fingerprint density at radius 3 is 2.59 bits per heavy atom. The van der Waals surface area contributed by atoms with Crippen molar-refractivity contribution in [1.29, 1.82) is 0 Å². The van der Waals surface area contributed by atoms with Crippen molar-refractivity contribution in [3.63, 3.8) is 0 Å². The molecule has 0 saturated heterocycles. The highest BCUT2D eigenvalue weighted by Crippen LogP contribution is 2.30. The fourth-order valence-electron chi connectivity index (χ4n) is 3.26. The summed E-state index contributed by atoms with van der Waals surface area (Å²) in [7, 11) is 1.61. The predicted octanol–water partition coefficient (Wildman–Crippen LogP) is 6.45. The lowest BCUT2D eigenvalue weighted by Crippen LogP contribution is -2.37. The highest BCUT2D eigenvalue weighted by molar-refractivity contribution is 7.22. The molecular weight excluding hydrogens is 481 g/mol. The Balaban J connectivity index is 1.23. The molecular formula is C24H17ClFN3O4S. The maximum absolute atomic E-state index is 13.4. The Morgan fingerprint density at radius 2 is 1.79 bits per heavy atom. The van der Waals surface area contributed by atoms with Gasteiger partial charge in [0.05, 0.1) is 10.2 Å². The number of hydrogen-bond donors (Lipinski definition) is 0. The number of oxazole rings is 1. The van der Waals surface area contributed by atoms with E-state index in [1.165, 1.54) is 28.4 Å². The number of hydrogen-bond acceptors (Lipinski definition) is 7. The number of likely N-dealkylation sites (N-methyl/N-ethyl adjacent to an activating group) is 1. The van der Waals surface area contributed by atoms with Crippen molar-refractivity contribution in [3.8, 4) is 17.6 Å². The molecule has 0 radical (unpaired) electrons. The largest absolute Gasteiger partial charge is 0.481 e. The topological polar surface area (TPSA) is 77.7 Å². The normalized spacial score (nSPS) is 12.1. The third-order valence-corrected chi connectivity index (χ3v) is 6.31. The Hall–Kier alpha value is -3.69. The fraction of sp³-hybridized carbons (Fsp3) is 0.125. The van der Waals surface area contributed by atoms with E-state index in [0.717, 1.165) is 0 Å². The van der Waals surface area contributed by atoms with Gasteiger partial charge in [0.25, 0.3) is 5.91 Å². The van der Waals surface area contributed by atoms with Crippen LogP contribution in [0.2, 0.25) is 5.02 Å². The zero-order valence-electron chi connectivity index (χ0n) is 18.0. The highest BCUT2D eigenvalue weighted by atomic mass is 35.5. The summed E-state index contributed by atoms with van der Waals surface area (Å²) in [5, 5.41) is 1.01. The minimum atomic E-state index is -0.776. The van der Waals surface area contributed by atoms with Crippen molar-refractivity contribution < 1.29 is 23.1 Å². The van der Waals surface area contributed by atoms with E-state index < -0.39 is 6.10 Å². The van der Waals surface area contributed by atoms with E-state index in [4.69, 9.17) is 25.5 Å². The lowest BCUT2D eigenvalue weighted by molar-refractivity contribution is -0.124. The van der Waals surface area contributed by atoms with Crippen molar-refractivity contribution in [2.24, 2.45) is 0 Å². The zero-order chi connectivity index (χ0) is 23.8. The molecule has 5 aromatic rings. The van der Waals surface area contributed by atoms with Crippen LogP contribution >= 0.6 is 22.9 Å². The van der Waals surface area contributed by atoms with E-state index in [1.54, 1.807) is 62.5 Å². The first-order valence-electron chi connectivity index (χ1n) is 10.2. The van der Waals surface area contributed by atoms with Crippen LogP contribution in [0.1, 0.15) is 6.92 Å². The molecule has 2 aromatic heterocycles. The van der Waals surface area contributed by atoms with E-state index in [1.807, 2.05) is 0 Å². The van der Waals surface area contributed by atoms with Gasteiger partial charge in [-0.25, -0.2) is 9.37 Å². The quantitative estimate of drug-likeness (QED) is 0.268. The van der Waals surface area contributed by atoms with Crippen LogP contribution < -0.4 is 14.4 Å². The Labute approximate surface area is 202 Å². The molecule has 0 unspecified atom stereocenters. The lowest BCUT2D eigenvalue weighted by Gasteiger charge is -2.20. The van der Waals surface area contributed by atoms with Gasteiger partial charge in [0.15, 0.2) is 16.8 Å². The maximum Gasteiger partial charge on any atom is 0.400 e. The summed E-state index contributed by atoms with van der Waals surface area (Å²) in [5.74, 6) is 0.339. The second kappa shape index (κ2) is 8.92. The van der Waals surface area contributed by atoms with Crippen molar-refractivity contribution in [2.75, 3.05) is 11.9 Å². The number of fused-ring (bicyclic) bond motifs is 2. The SMILES string of the molecule is C[C@@H](Oc1ccc(Oc2nc3ccc(Cl)cc3o2)cc1)C(=O)N(C)c1nc2ccc(F)cc2s1. The smallest absolute Gasteiger partial charge is 0.400 e. The molecule has 5 rings (SSSR count). The Morgan fingerprint density at radius 1 is 1.06 bits per heavy atom. The molecule has 1 amide bonds. The first kappa shape index (κ1) is 22.1. The Bertz CT molecular complexity index is 1500. The number of aromatic nitrogens is 2. The number of carbonyl (C=O) groups is 1. The van der Waals surface area contributed by atoms with Crippen LogP contribution in [-0.2, 0) is 4.79 Å². The molecule has 0 aliphatic heterocycles. The Kier molecular flexibility index (Phi) is 5.80. The van der Waals surface area contributed by atoms with Crippen molar-refractivity contribution in [1.82, 2.24) is 9.97 Å². The van der Waals surface area contributed by atoms with Gasteiger partial charge in [0.2, 0.25) is 0 Å². The summed E-state index contributed by atoms with van der Waals surface area (Å²) in [4.78, 5) is 22.9. The number of ether oxygens (including phenoxy) is 2. The van der Waals surface area contributed by atoms with E-state index in [9.17, 15) is 9.18 Å². The number of halogens is 2. The van der Waals surface area contributed by atoms with E-state index in [2.05, 4.69) is 9.97 Å². The van der Waals surface area contributed by atoms with Gasteiger partial charge in [0.1, 0.15) is 22.8 Å². The van der Waals surface area contributed by atoms with Crippen LogP contribution in [0, 0.1) is 5.82 Å². The molecule has 0 saturated carbocycles. The third kappa shape index (κ3) is 4.52. The summed E-state index contributed by atoms with van der Waals surface area (Å²) >= 11 is 7.20. The van der Waals surface area contributed by atoms with Crippen molar-refractivity contribution in [3.05, 3.63) is 71.5 Å². The molecule has 0 N–H and O–H groups in total. The second-order valence-corrected chi connectivity index (χ2v) is 8.88. The van der Waals surface area contributed by atoms with Gasteiger partial charge in [-0.3, -0.25) is 9.69 Å². The first-order chi connectivity index (χ1) is 16.4. The number of nitrogens with zero attached hydrogens (tertiary/aromatic N) is 3. The fourth-order valence-corrected chi connectivity index (χ4v) is 4.38. The van der Waals surface area contributed by atoms with Crippen LogP contribution in [-0.4, -0.2) is 29.0 Å². The standard InChI is InChI=1S/C24H17ClFN3O4S/c1-13(22(30)29(2)23-27-19-10-4-15(26)12-21(19)34-23)31-16-5-7-17(8-6-16)32-24-28-18-9-3-14(25)11-20(18)33-24/h3-13H,1-2H3/t13-/m1/s1. The number of thiazole rings is 1. The van der Waals surface area contributed by atoms with Gasteiger partial charge in [-0.2, -0.15) is 4.98 Å². The molecule has 7 nitrogen and oxygen atoms in total. The molecule has 172 valence electrons. The molecule has 10 heteroatoms. The first-order valence-corrected chi connectivity index (χ1v) is 11.4. The molecule has 0 bridgehead atoms. The van der Waals surface area contributed by atoms with Crippen molar-refractivity contribution in [2.45, 2.75) is 13.0 Å². The van der Waals surface area contributed by atoms with E-state index in [0.29, 0.717) is 43.0 Å². The molecule has 3 aromatic carbocycles. The lowest BCUT2D eigenvalue weighted by atomic mass is 10.3. The molecule has 0 fully saturated rings. The summed E-state index contributed by atoms with van der Waals surface area (Å²) in [5.41, 5.74) is 1.79. The number of carbonyl (C=O) groups excluding carboxylic acids is 1. The van der Waals surface area contributed by atoms with Crippen LogP contribution in [0.5, 0.6) is 17.6 Å². The zero-order valence-corrected chi connectivity index (χ0v) is 19.6. The molecule has 0 aliphatic carbocycles. The van der Waals surface area contributed by atoms with Crippen LogP contribution in [0.3, 0.4) is 0 Å². The second-order valence-electron chi connectivity index (χ2n) is 7.43. The molecule has 2 heterocycles. The molecule has 34 heavy (non-hydrogen) atoms. The van der Waals surface area contributed by atoms with E-state index in [-0.39, 0.29) is 17.8 Å². The number of rotatable bonds is 6. The number of benzene rings is 3. The number of anilines is 1. The predicted molar refractivity (Wildman–Crippen MR) is 129 cm³/mol. The average Bonchev–Trinajstić information content (AvgIpc) is 3.42. The minimum absolute atomic E-state index is 0.0896. The maximum atomic E-state index is 13.4. The molecule has 1 atom stereocenters. The van der Waals surface area contributed by atoms with Crippen LogP contribution in [0.25, 0.3) is 21.3 Å². The van der Waals surface area contributed by atoms with Crippen LogP contribution in [0.15, 0.2) is 65.1 Å². The van der Waals surface area contributed by atoms with Gasteiger partial charge in [-0.1, -0.05) is 22.9 Å². The highest BCUT2D eigenvalue weighted by Gasteiger charge is 2.23. The summed E-state index contributed by atoms with van der Waals surface area (Å²) in [6.07, 6.45) is -0.686. The van der Waals surface area contributed by atoms with Gasteiger partial charge in [-0.15, -0.1) is 0 Å². The number of amides is 1. The average molecular weight is 498 g/mol. The van der Waals surface area contributed by atoms with Crippen LogP contribution in [0.4, 0.5) is 9.52 Å². The summed E-state index contributed by atoms with van der Waals surface area (Å²) in [6, 6.07) is 16.2. The molecule has 0 aliphatic rings. The van der Waals surface area contributed by atoms with Crippen molar-refractivity contribution >= 4 is 55.3 Å². The third-order valence-electron chi connectivity index (χ3n) is 4.98. The van der Waals surface area contributed by atoms with Gasteiger partial charge < -0.3 is 13.9 Å². The molecule has 0 spiro atoms. The monoisotopic (exact) mass is 497 g/mol. The van der Waals surface area contributed by atoms with Gasteiger partial charge in [-0.05, 0) is 61.5 Å². The van der Waals surface area contributed by atoms with Gasteiger partial charge in [0, 0.05) is 18.1 Å². The summed E-state index contributed by atoms with van der Waals surface area (Å²) in [6.45, 7) is 1.65. The summed E-state index contributed by atoms with van der Waals surface area (Å²) < 4.78 is 31.1.